The molecule has 7 heteroatoms. The number of hydrogen-bond donors (Lipinski definition) is 1. The molecular formula is C14H17N5OS. The Morgan fingerprint density at radius 3 is 3.05 bits per heavy atom. The molecule has 0 aliphatic carbocycles. The van der Waals surface area contributed by atoms with E-state index < -0.39 is 0 Å². The minimum atomic E-state index is 0.0519. The first kappa shape index (κ1) is 13.9. The summed E-state index contributed by atoms with van der Waals surface area (Å²) in [5.74, 6) is 0.629. The van der Waals surface area contributed by atoms with Crippen LogP contribution in [0.4, 0.5) is 11.1 Å². The van der Waals surface area contributed by atoms with E-state index in [0.29, 0.717) is 5.95 Å². The van der Waals surface area contributed by atoms with E-state index in [-0.39, 0.29) is 11.9 Å². The zero-order valence-corrected chi connectivity index (χ0v) is 12.6. The summed E-state index contributed by atoms with van der Waals surface area (Å²) in [5, 5.41) is 5.75. The van der Waals surface area contributed by atoms with E-state index in [1.165, 1.54) is 11.3 Å². The number of nitrogens with one attached hydrogen (secondary N) is 1. The summed E-state index contributed by atoms with van der Waals surface area (Å²) < 4.78 is 0. The van der Waals surface area contributed by atoms with Crippen LogP contribution in [0.25, 0.3) is 0 Å². The predicted octanol–water partition coefficient (Wildman–Crippen LogP) is 2.75. The van der Waals surface area contributed by atoms with Gasteiger partial charge in [0.25, 0.3) is 0 Å². The van der Waals surface area contributed by atoms with Gasteiger partial charge >= 0.3 is 0 Å². The SMILES string of the molecule is CC(=O)N1CCCCC1c1ccnc(Nc2nccs2)n1. The van der Waals surface area contributed by atoms with E-state index >= 15 is 0 Å². The lowest BCUT2D eigenvalue weighted by molar-refractivity contribution is -0.132. The number of amides is 1. The van der Waals surface area contributed by atoms with Gasteiger partial charge < -0.3 is 10.2 Å². The van der Waals surface area contributed by atoms with Crippen molar-refractivity contribution in [2.75, 3.05) is 11.9 Å². The number of carbonyl (C=O) groups excluding carboxylic acids is 1. The number of piperidine rings is 1. The third kappa shape index (κ3) is 3.18. The highest BCUT2D eigenvalue weighted by Crippen LogP contribution is 2.30. The van der Waals surface area contributed by atoms with Crippen LogP contribution < -0.4 is 5.32 Å². The van der Waals surface area contributed by atoms with Crippen molar-refractivity contribution in [3.05, 3.63) is 29.5 Å². The maximum atomic E-state index is 11.8. The van der Waals surface area contributed by atoms with Crippen molar-refractivity contribution >= 4 is 28.3 Å². The van der Waals surface area contributed by atoms with Crippen LogP contribution >= 0.6 is 11.3 Å². The lowest BCUT2D eigenvalue weighted by Crippen LogP contribution is -2.37. The van der Waals surface area contributed by atoms with Gasteiger partial charge in [0.15, 0.2) is 5.13 Å². The van der Waals surface area contributed by atoms with Gasteiger partial charge in [0.05, 0.1) is 11.7 Å². The van der Waals surface area contributed by atoms with Crippen molar-refractivity contribution in [2.24, 2.45) is 0 Å². The Kier molecular flexibility index (Phi) is 4.10. The van der Waals surface area contributed by atoms with Gasteiger partial charge in [-0.15, -0.1) is 11.3 Å². The molecule has 2 aromatic rings. The molecule has 110 valence electrons. The molecule has 1 fully saturated rings. The molecular weight excluding hydrogens is 286 g/mol. The van der Waals surface area contributed by atoms with Gasteiger partial charge in [-0.05, 0) is 25.3 Å². The van der Waals surface area contributed by atoms with Gasteiger partial charge in [-0.3, -0.25) is 4.79 Å². The molecule has 0 saturated carbocycles. The molecule has 3 heterocycles. The number of likely N-dealkylation sites (tertiary alicyclic amines) is 1. The van der Waals surface area contributed by atoms with Gasteiger partial charge in [0.2, 0.25) is 11.9 Å². The molecule has 1 amide bonds. The van der Waals surface area contributed by atoms with Gasteiger partial charge in [-0.2, -0.15) is 0 Å². The van der Waals surface area contributed by atoms with Crippen molar-refractivity contribution in [2.45, 2.75) is 32.2 Å². The molecule has 1 saturated heterocycles. The van der Waals surface area contributed by atoms with E-state index in [4.69, 9.17) is 0 Å². The van der Waals surface area contributed by atoms with E-state index in [0.717, 1.165) is 36.6 Å². The Morgan fingerprint density at radius 2 is 2.29 bits per heavy atom. The number of rotatable bonds is 3. The third-order valence-corrected chi connectivity index (χ3v) is 4.27. The molecule has 6 nitrogen and oxygen atoms in total. The minimum Gasteiger partial charge on any atom is -0.334 e. The second-order valence-electron chi connectivity index (χ2n) is 4.99. The normalized spacial score (nSPS) is 18.5. The van der Waals surface area contributed by atoms with Crippen LogP contribution in [-0.4, -0.2) is 32.3 Å². The summed E-state index contributed by atoms with van der Waals surface area (Å²) >= 11 is 1.50. The number of thiazole rings is 1. The van der Waals surface area contributed by atoms with Crippen molar-refractivity contribution in [1.29, 1.82) is 0 Å². The summed E-state index contributed by atoms with van der Waals surface area (Å²) in [7, 11) is 0. The number of hydrogen-bond acceptors (Lipinski definition) is 6. The largest absolute Gasteiger partial charge is 0.334 e. The smallest absolute Gasteiger partial charge is 0.229 e. The van der Waals surface area contributed by atoms with Gasteiger partial charge in [0, 0.05) is 31.2 Å². The highest BCUT2D eigenvalue weighted by Gasteiger charge is 2.27. The molecule has 1 N–H and O–H groups in total. The molecule has 1 atom stereocenters. The van der Waals surface area contributed by atoms with Gasteiger partial charge in [-0.25, -0.2) is 15.0 Å². The fraction of sp³-hybridized carbons (Fsp3) is 0.429. The molecule has 0 radical (unpaired) electrons. The summed E-state index contributed by atoms with van der Waals surface area (Å²) in [4.78, 5) is 26.6. The summed E-state index contributed by atoms with van der Waals surface area (Å²) in [6.07, 6.45) is 6.59. The zero-order chi connectivity index (χ0) is 14.7. The fourth-order valence-corrected chi connectivity index (χ4v) is 3.14. The highest BCUT2D eigenvalue weighted by atomic mass is 32.1. The third-order valence-electron chi connectivity index (χ3n) is 3.58. The molecule has 0 aromatic carbocycles. The van der Waals surface area contributed by atoms with Crippen LogP contribution in [0.3, 0.4) is 0 Å². The standard InChI is InChI=1S/C14H17N5OS/c1-10(20)19-8-3-2-4-12(19)11-5-6-15-13(17-11)18-14-16-7-9-21-14/h5-7,9,12H,2-4,8H2,1H3,(H,15,16,17,18). The average molecular weight is 303 g/mol. The molecule has 1 aliphatic heterocycles. The summed E-state index contributed by atoms with van der Waals surface area (Å²) in [6, 6.07) is 1.94. The summed E-state index contributed by atoms with van der Waals surface area (Å²) in [5.41, 5.74) is 0.888. The second-order valence-corrected chi connectivity index (χ2v) is 5.89. The quantitative estimate of drug-likeness (QED) is 0.944. The monoisotopic (exact) mass is 303 g/mol. The van der Waals surface area contributed by atoms with Crippen LogP contribution in [0, 0.1) is 0 Å². The Balaban J connectivity index is 1.82. The molecule has 2 aromatic heterocycles. The van der Waals surface area contributed by atoms with Crippen molar-refractivity contribution < 1.29 is 4.79 Å². The second kappa shape index (κ2) is 6.17. The first-order chi connectivity index (χ1) is 10.2. The topological polar surface area (TPSA) is 71.0 Å². The number of carbonyl (C=O) groups is 1. The number of nitrogens with zero attached hydrogens (tertiary/aromatic N) is 4. The molecule has 1 aliphatic rings. The molecule has 0 bridgehead atoms. The lowest BCUT2D eigenvalue weighted by Gasteiger charge is -2.34. The van der Waals surface area contributed by atoms with E-state index in [1.807, 2.05) is 16.3 Å². The maximum absolute atomic E-state index is 11.8. The fourth-order valence-electron chi connectivity index (χ4n) is 2.62. The van der Waals surface area contributed by atoms with Crippen molar-refractivity contribution in [3.63, 3.8) is 0 Å². The van der Waals surface area contributed by atoms with Crippen LogP contribution in [0.2, 0.25) is 0 Å². The Labute approximate surface area is 127 Å². The van der Waals surface area contributed by atoms with Crippen LogP contribution in [0.1, 0.15) is 37.9 Å². The lowest BCUT2D eigenvalue weighted by atomic mass is 9.99. The molecule has 1 unspecified atom stereocenters. The maximum Gasteiger partial charge on any atom is 0.229 e. The predicted molar refractivity (Wildman–Crippen MR) is 81.4 cm³/mol. The number of aromatic nitrogens is 3. The first-order valence-electron chi connectivity index (χ1n) is 7.01. The molecule has 3 rings (SSSR count). The van der Waals surface area contributed by atoms with E-state index in [2.05, 4.69) is 20.3 Å². The Morgan fingerprint density at radius 1 is 1.38 bits per heavy atom. The minimum absolute atomic E-state index is 0.0519. The van der Waals surface area contributed by atoms with Gasteiger partial charge in [0.1, 0.15) is 0 Å². The summed E-state index contributed by atoms with van der Waals surface area (Å²) in [6.45, 7) is 2.42. The van der Waals surface area contributed by atoms with Gasteiger partial charge in [-0.1, -0.05) is 0 Å². The Bertz CT molecular complexity index is 616. The van der Waals surface area contributed by atoms with Crippen molar-refractivity contribution in [3.8, 4) is 0 Å². The highest BCUT2D eigenvalue weighted by molar-refractivity contribution is 7.13. The van der Waals surface area contributed by atoms with Crippen molar-refractivity contribution in [1.82, 2.24) is 19.9 Å². The molecule has 21 heavy (non-hydrogen) atoms. The Hall–Kier alpha value is -2.02. The zero-order valence-electron chi connectivity index (χ0n) is 11.8. The first-order valence-corrected chi connectivity index (χ1v) is 7.88. The average Bonchev–Trinajstić information content (AvgIpc) is 3.00. The van der Waals surface area contributed by atoms with Crippen LogP contribution in [-0.2, 0) is 4.79 Å². The molecule has 0 spiro atoms. The number of anilines is 2. The van der Waals surface area contributed by atoms with E-state index in [9.17, 15) is 4.79 Å². The van der Waals surface area contributed by atoms with E-state index in [1.54, 1.807) is 19.3 Å². The van der Waals surface area contributed by atoms with Crippen LogP contribution in [0.5, 0.6) is 0 Å². The van der Waals surface area contributed by atoms with Crippen LogP contribution in [0.15, 0.2) is 23.8 Å².